The van der Waals surface area contributed by atoms with E-state index < -0.39 is 0 Å². The molecule has 2 aromatic rings. The molecule has 0 atom stereocenters. The van der Waals surface area contributed by atoms with Gasteiger partial charge in [0.1, 0.15) is 12.4 Å². The van der Waals surface area contributed by atoms with Crippen LogP contribution in [-0.4, -0.2) is 47.5 Å². The first-order chi connectivity index (χ1) is 14.1. The number of nitrogens with zero attached hydrogens (tertiary/aromatic N) is 4. The maximum absolute atomic E-state index is 5.37. The van der Waals surface area contributed by atoms with E-state index in [9.17, 15) is 0 Å². The lowest BCUT2D eigenvalue weighted by molar-refractivity contribution is 0.138. The van der Waals surface area contributed by atoms with Gasteiger partial charge in [0.15, 0.2) is 11.8 Å². The van der Waals surface area contributed by atoms with E-state index in [1.54, 1.807) is 18.4 Å². The van der Waals surface area contributed by atoms with Gasteiger partial charge in [0.05, 0.1) is 0 Å². The molecule has 29 heavy (non-hydrogen) atoms. The number of nitrogens with one attached hydrogen (secondary N) is 2. The number of methoxy groups -OCH3 is 1. The minimum Gasteiger partial charge on any atom is -0.385 e. The van der Waals surface area contributed by atoms with Gasteiger partial charge in [-0.1, -0.05) is 18.9 Å². The Labute approximate surface area is 178 Å². The van der Waals surface area contributed by atoms with Crippen molar-refractivity contribution < 1.29 is 4.74 Å². The summed E-state index contributed by atoms with van der Waals surface area (Å²) in [4.78, 5) is 6.19. The van der Waals surface area contributed by atoms with E-state index in [0.29, 0.717) is 12.0 Å². The number of guanidine groups is 1. The van der Waals surface area contributed by atoms with E-state index in [1.165, 1.54) is 30.6 Å². The molecule has 1 saturated carbocycles. The predicted octanol–water partition coefficient (Wildman–Crippen LogP) is 3.06. The van der Waals surface area contributed by atoms with Crippen molar-refractivity contribution in [2.75, 3.05) is 26.8 Å². The number of ether oxygens (including phenoxy) is 1. The SMILES string of the molecule is COCCC1(CNC(=NCc2nnc(C)n2C)NCCc2cccs2)CCCC1. The number of hydrogen-bond acceptors (Lipinski definition) is 5. The van der Waals surface area contributed by atoms with Gasteiger partial charge in [-0.25, -0.2) is 4.99 Å². The zero-order chi connectivity index (χ0) is 20.5. The fraction of sp³-hybridized carbons (Fsp3) is 0.667. The molecule has 0 aromatic carbocycles. The van der Waals surface area contributed by atoms with Crippen molar-refractivity contribution in [1.82, 2.24) is 25.4 Å². The number of aromatic nitrogens is 3. The van der Waals surface area contributed by atoms with Crippen molar-refractivity contribution in [3.8, 4) is 0 Å². The highest BCUT2D eigenvalue weighted by Gasteiger charge is 2.33. The first kappa shape index (κ1) is 21.8. The first-order valence-corrected chi connectivity index (χ1v) is 11.4. The Morgan fingerprint density at radius 3 is 2.79 bits per heavy atom. The van der Waals surface area contributed by atoms with Crippen molar-refractivity contribution in [2.45, 2.75) is 52.0 Å². The zero-order valence-electron chi connectivity index (χ0n) is 17.9. The molecule has 1 aliphatic rings. The average Bonchev–Trinajstić information content (AvgIpc) is 3.47. The van der Waals surface area contributed by atoms with Gasteiger partial charge in [-0.15, -0.1) is 21.5 Å². The van der Waals surface area contributed by atoms with E-state index in [0.717, 1.165) is 50.1 Å². The fourth-order valence-electron chi connectivity index (χ4n) is 3.90. The molecule has 2 N–H and O–H groups in total. The highest BCUT2D eigenvalue weighted by atomic mass is 32.1. The van der Waals surface area contributed by atoms with Crippen LogP contribution in [0.5, 0.6) is 0 Å². The number of aliphatic imine (C=N–C) groups is 1. The quantitative estimate of drug-likeness (QED) is 0.458. The number of hydrogen-bond donors (Lipinski definition) is 2. The molecule has 0 bridgehead atoms. The third-order valence-electron chi connectivity index (χ3n) is 5.94. The second-order valence-corrected chi connectivity index (χ2v) is 8.98. The largest absolute Gasteiger partial charge is 0.385 e. The topological polar surface area (TPSA) is 76.4 Å². The minimum atomic E-state index is 0.313. The molecule has 160 valence electrons. The van der Waals surface area contributed by atoms with Crippen LogP contribution in [-0.2, 0) is 24.8 Å². The Hall–Kier alpha value is -1.93. The average molecular weight is 419 g/mol. The third kappa shape index (κ3) is 6.27. The minimum absolute atomic E-state index is 0.313. The Balaban J connectivity index is 1.62. The maximum Gasteiger partial charge on any atom is 0.191 e. The van der Waals surface area contributed by atoms with E-state index in [1.807, 2.05) is 18.5 Å². The van der Waals surface area contributed by atoms with Crippen LogP contribution in [0.2, 0.25) is 0 Å². The molecule has 2 aromatic heterocycles. The molecule has 0 aliphatic heterocycles. The summed E-state index contributed by atoms with van der Waals surface area (Å²) in [5, 5.41) is 17.6. The molecule has 0 saturated heterocycles. The normalized spacial score (nSPS) is 16.3. The molecule has 0 amide bonds. The Kier molecular flexibility index (Phi) is 8.06. The van der Waals surface area contributed by atoms with Gasteiger partial charge in [-0.3, -0.25) is 0 Å². The number of thiophene rings is 1. The van der Waals surface area contributed by atoms with Gasteiger partial charge in [0, 0.05) is 38.7 Å². The van der Waals surface area contributed by atoms with Crippen LogP contribution in [0.4, 0.5) is 0 Å². The number of rotatable bonds is 10. The van der Waals surface area contributed by atoms with Crippen LogP contribution in [0.25, 0.3) is 0 Å². The molecule has 0 radical (unpaired) electrons. The Bertz CT molecular complexity index is 764. The van der Waals surface area contributed by atoms with Gasteiger partial charge in [0.25, 0.3) is 0 Å². The predicted molar refractivity (Wildman–Crippen MR) is 118 cm³/mol. The summed E-state index contributed by atoms with van der Waals surface area (Å²) in [7, 11) is 3.77. The van der Waals surface area contributed by atoms with E-state index >= 15 is 0 Å². The van der Waals surface area contributed by atoms with Crippen LogP contribution in [0.3, 0.4) is 0 Å². The second kappa shape index (κ2) is 10.7. The summed E-state index contributed by atoms with van der Waals surface area (Å²) in [5.74, 6) is 2.63. The highest BCUT2D eigenvalue weighted by molar-refractivity contribution is 7.09. The molecule has 3 rings (SSSR count). The Morgan fingerprint density at radius 2 is 2.14 bits per heavy atom. The van der Waals surface area contributed by atoms with Crippen LogP contribution in [0, 0.1) is 12.3 Å². The first-order valence-electron chi connectivity index (χ1n) is 10.5. The lowest BCUT2D eigenvalue weighted by Crippen LogP contribution is -2.44. The van der Waals surface area contributed by atoms with Crippen LogP contribution >= 0.6 is 11.3 Å². The number of aryl methyl sites for hydroxylation is 1. The summed E-state index contributed by atoms with van der Waals surface area (Å²) in [5.41, 5.74) is 0.313. The lowest BCUT2D eigenvalue weighted by atomic mass is 9.83. The molecular formula is C21H34N6OS. The monoisotopic (exact) mass is 418 g/mol. The molecule has 1 fully saturated rings. The molecule has 0 unspecified atom stereocenters. The molecule has 2 heterocycles. The maximum atomic E-state index is 5.37. The summed E-state index contributed by atoms with van der Waals surface area (Å²) in [6, 6.07) is 4.28. The molecule has 1 aliphatic carbocycles. The van der Waals surface area contributed by atoms with Gasteiger partial charge in [-0.05, 0) is 49.5 Å². The van der Waals surface area contributed by atoms with Crippen molar-refractivity contribution in [3.05, 3.63) is 34.0 Å². The molecule has 8 heteroatoms. The third-order valence-corrected chi connectivity index (χ3v) is 6.87. The van der Waals surface area contributed by atoms with Crippen molar-refractivity contribution >= 4 is 17.3 Å². The summed E-state index contributed by atoms with van der Waals surface area (Å²) >= 11 is 1.80. The lowest BCUT2D eigenvalue weighted by Gasteiger charge is -2.30. The van der Waals surface area contributed by atoms with Crippen LogP contribution < -0.4 is 10.6 Å². The smallest absolute Gasteiger partial charge is 0.191 e. The molecule has 0 spiro atoms. The second-order valence-electron chi connectivity index (χ2n) is 7.95. The zero-order valence-corrected chi connectivity index (χ0v) is 18.7. The van der Waals surface area contributed by atoms with E-state index in [2.05, 4.69) is 38.3 Å². The van der Waals surface area contributed by atoms with Gasteiger partial charge in [-0.2, -0.15) is 0 Å². The van der Waals surface area contributed by atoms with E-state index in [4.69, 9.17) is 9.73 Å². The fourth-order valence-corrected chi connectivity index (χ4v) is 4.61. The highest BCUT2D eigenvalue weighted by Crippen LogP contribution is 2.40. The van der Waals surface area contributed by atoms with Gasteiger partial charge < -0.3 is 19.9 Å². The summed E-state index contributed by atoms with van der Waals surface area (Å²) in [6.07, 6.45) is 7.23. The van der Waals surface area contributed by atoms with Crippen molar-refractivity contribution in [1.29, 1.82) is 0 Å². The molecular weight excluding hydrogens is 384 g/mol. The van der Waals surface area contributed by atoms with Crippen molar-refractivity contribution in [2.24, 2.45) is 17.5 Å². The molecule has 7 nitrogen and oxygen atoms in total. The standard InChI is InChI=1S/C21H34N6OS/c1-17-25-26-19(27(17)2)15-23-20(22-12-8-18-7-6-14-29-18)24-16-21(11-13-28-3)9-4-5-10-21/h6-7,14H,4-5,8-13,15-16H2,1-3H3,(H2,22,23,24). The Morgan fingerprint density at radius 1 is 1.31 bits per heavy atom. The van der Waals surface area contributed by atoms with Crippen LogP contribution in [0.15, 0.2) is 22.5 Å². The van der Waals surface area contributed by atoms with Gasteiger partial charge in [0.2, 0.25) is 0 Å². The summed E-state index contributed by atoms with van der Waals surface area (Å²) < 4.78 is 7.36. The van der Waals surface area contributed by atoms with Crippen LogP contribution in [0.1, 0.15) is 48.6 Å². The van der Waals surface area contributed by atoms with E-state index in [-0.39, 0.29) is 0 Å². The van der Waals surface area contributed by atoms with Crippen molar-refractivity contribution in [3.63, 3.8) is 0 Å². The van der Waals surface area contributed by atoms with Gasteiger partial charge >= 0.3 is 0 Å². The summed E-state index contributed by atoms with van der Waals surface area (Å²) in [6.45, 7) is 5.07.